The number of hydrogen-bond donors (Lipinski definition) is 1. The number of methoxy groups -OCH3 is 1. The fraction of sp³-hybridized carbons (Fsp3) is 0.278. The summed E-state index contributed by atoms with van der Waals surface area (Å²) in [6.45, 7) is 3.10. The van der Waals surface area contributed by atoms with Gasteiger partial charge in [-0.05, 0) is 52.6 Å². The van der Waals surface area contributed by atoms with E-state index in [2.05, 4.69) is 5.32 Å². The number of amides is 1. The number of ether oxygens (including phenoxy) is 2. The first-order chi connectivity index (χ1) is 11.6. The molecule has 0 fully saturated rings. The van der Waals surface area contributed by atoms with Gasteiger partial charge in [-0.15, -0.1) is 0 Å². The van der Waals surface area contributed by atoms with E-state index in [-0.39, 0.29) is 5.91 Å². The summed E-state index contributed by atoms with van der Waals surface area (Å²) in [4.78, 5) is 11.9. The number of carbonyl (C=O) groups is 1. The molecule has 2 aromatic rings. The van der Waals surface area contributed by atoms with Crippen LogP contribution < -0.4 is 14.8 Å². The molecule has 1 N–H and O–H groups in total. The van der Waals surface area contributed by atoms with E-state index in [0.29, 0.717) is 29.7 Å². The highest BCUT2D eigenvalue weighted by Crippen LogP contribution is 2.36. The third-order valence-electron chi connectivity index (χ3n) is 3.18. The van der Waals surface area contributed by atoms with Gasteiger partial charge in [-0.2, -0.15) is 11.3 Å². The van der Waals surface area contributed by atoms with Gasteiger partial charge < -0.3 is 14.8 Å². The lowest BCUT2D eigenvalue weighted by Crippen LogP contribution is -2.19. The van der Waals surface area contributed by atoms with Crippen molar-refractivity contribution in [3.05, 3.63) is 51.2 Å². The first-order valence-corrected chi connectivity index (χ1v) is 8.93. The Morgan fingerprint density at radius 3 is 2.92 bits per heavy atom. The maximum atomic E-state index is 11.9. The summed E-state index contributed by atoms with van der Waals surface area (Å²) in [7, 11) is 1.56. The molecule has 1 amide bonds. The zero-order valence-corrected chi connectivity index (χ0v) is 15.2. The van der Waals surface area contributed by atoms with Gasteiger partial charge in [0.2, 0.25) is 5.91 Å². The van der Waals surface area contributed by atoms with E-state index in [1.54, 1.807) is 36.7 Å². The molecule has 1 aromatic carbocycles. The number of hydrogen-bond acceptors (Lipinski definition) is 4. The fourth-order valence-corrected chi connectivity index (χ4v) is 2.94. The Morgan fingerprint density at radius 1 is 1.42 bits per heavy atom. The van der Waals surface area contributed by atoms with Gasteiger partial charge >= 0.3 is 0 Å². The van der Waals surface area contributed by atoms with Crippen molar-refractivity contribution in [1.29, 1.82) is 0 Å². The molecule has 0 aliphatic carbocycles. The van der Waals surface area contributed by atoms with Crippen molar-refractivity contribution in [1.82, 2.24) is 5.32 Å². The Bertz CT molecular complexity index is 699. The lowest BCUT2D eigenvalue weighted by atomic mass is 10.2. The molecule has 0 bridgehead atoms. The predicted octanol–water partition coefficient (Wildman–Crippen LogP) is 4.53. The third-order valence-corrected chi connectivity index (χ3v) is 4.19. The van der Waals surface area contributed by atoms with Crippen LogP contribution in [0, 0.1) is 0 Å². The van der Waals surface area contributed by atoms with E-state index in [1.807, 2.05) is 23.8 Å². The highest BCUT2D eigenvalue weighted by atomic mass is 35.5. The second-order valence-electron chi connectivity index (χ2n) is 5.07. The highest BCUT2D eigenvalue weighted by molar-refractivity contribution is 7.07. The lowest BCUT2D eigenvalue weighted by molar-refractivity contribution is -0.116. The highest BCUT2D eigenvalue weighted by Gasteiger charge is 2.11. The zero-order valence-electron chi connectivity index (χ0n) is 13.7. The van der Waals surface area contributed by atoms with E-state index in [9.17, 15) is 4.79 Å². The number of rotatable bonds is 8. The van der Waals surface area contributed by atoms with Crippen LogP contribution in [0.2, 0.25) is 5.02 Å². The van der Waals surface area contributed by atoms with E-state index in [4.69, 9.17) is 21.1 Å². The molecule has 0 spiro atoms. The van der Waals surface area contributed by atoms with Crippen LogP contribution in [0.1, 0.15) is 24.5 Å². The number of halogens is 1. The second-order valence-corrected chi connectivity index (χ2v) is 6.25. The van der Waals surface area contributed by atoms with Crippen molar-refractivity contribution < 1.29 is 14.3 Å². The van der Waals surface area contributed by atoms with Crippen LogP contribution in [0.4, 0.5) is 0 Å². The first kappa shape index (κ1) is 18.4. The molecule has 2 rings (SSSR count). The van der Waals surface area contributed by atoms with E-state index in [0.717, 1.165) is 17.5 Å². The summed E-state index contributed by atoms with van der Waals surface area (Å²) in [5.74, 6) is 0.914. The summed E-state index contributed by atoms with van der Waals surface area (Å²) in [6, 6.07) is 5.52. The van der Waals surface area contributed by atoms with Gasteiger partial charge in [-0.3, -0.25) is 4.79 Å². The molecular weight excluding hydrogens is 346 g/mol. The smallest absolute Gasteiger partial charge is 0.244 e. The van der Waals surface area contributed by atoms with Crippen LogP contribution in [-0.4, -0.2) is 19.6 Å². The molecule has 0 atom stereocenters. The van der Waals surface area contributed by atoms with Crippen LogP contribution in [0.3, 0.4) is 0 Å². The van der Waals surface area contributed by atoms with Gasteiger partial charge in [0, 0.05) is 12.6 Å². The van der Waals surface area contributed by atoms with Gasteiger partial charge in [0.25, 0.3) is 0 Å². The average molecular weight is 366 g/mol. The number of carbonyl (C=O) groups excluding carboxylic acids is 1. The van der Waals surface area contributed by atoms with E-state index >= 15 is 0 Å². The summed E-state index contributed by atoms with van der Waals surface area (Å²) in [5, 5.41) is 7.27. The van der Waals surface area contributed by atoms with Crippen molar-refractivity contribution in [2.75, 3.05) is 13.7 Å². The Kier molecular flexibility index (Phi) is 7.15. The topological polar surface area (TPSA) is 47.6 Å². The van der Waals surface area contributed by atoms with Gasteiger partial charge in [0.1, 0.15) is 0 Å². The normalized spacial score (nSPS) is 10.8. The van der Waals surface area contributed by atoms with Crippen LogP contribution in [0.25, 0.3) is 6.08 Å². The predicted molar refractivity (Wildman–Crippen MR) is 99.0 cm³/mol. The molecule has 4 nitrogen and oxygen atoms in total. The summed E-state index contributed by atoms with van der Waals surface area (Å²) in [6.07, 6.45) is 4.05. The summed E-state index contributed by atoms with van der Waals surface area (Å²) in [5.41, 5.74) is 1.86. The second kappa shape index (κ2) is 9.35. The molecule has 0 radical (unpaired) electrons. The Labute approximate surface area is 151 Å². The molecule has 1 heterocycles. The van der Waals surface area contributed by atoms with Crippen LogP contribution >= 0.6 is 22.9 Å². The quantitative estimate of drug-likeness (QED) is 0.699. The Hall–Kier alpha value is -1.98. The average Bonchev–Trinajstić information content (AvgIpc) is 3.10. The molecule has 0 saturated carbocycles. The van der Waals surface area contributed by atoms with Crippen LogP contribution in [0.15, 0.2) is 35.0 Å². The van der Waals surface area contributed by atoms with Crippen molar-refractivity contribution in [3.63, 3.8) is 0 Å². The first-order valence-electron chi connectivity index (χ1n) is 7.61. The molecule has 0 aliphatic heterocycles. The standard InChI is InChI=1S/C18H20ClNO3S/c1-3-7-23-18-15(19)9-13(10-16(18)22-2)4-5-17(21)20-11-14-6-8-24-12-14/h4-6,8-10,12H,3,7,11H2,1-2H3,(H,20,21)/b5-4+. The third kappa shape index (κ3) is 5.28. The zero-order chi connectivity index (χ0) is 17.4. The SMILES string of the molecule is CCCOc1c(Cl)cc(/C=C/C(=O)NCc2ccsc2)cc1OC. The minimum absolute atomic E-state index is 0.164. The van der Waals surface area contributed by atoms with Crippen LogP contribution in [0.5, 0.6) is 11.5 Å². The van der Waals surface area contributed by atoms with Crippen molar-refractivity contribution in [2.24, 2.45) is 0 Å². The minimum Gasteiger partial charge on any atom is -0.493 e. The number of nitrogens with one attached hydrogen (secondary N) is 1. The van der Waals surface area contributed by atoms with Gasteiger partial charge in [-0.1, -0.05) is 18.5 Å². The van der Waals surface area contributed by atoms with Crippen LogP contribution in [-0.2, 0) is 11.3 Å². The molecule has 1 aromatic heterocycles. The Morgan fingerprint density at radius 2 is 2.25 bits per heavy atom. The van der Waals surface area contributed by atoms with E-state index < -0.39 is 0 Å². The largest absolute Gasteiger partial charge is 0.493 e. The summed E-state index contributed by atoms with van der Waals surface area (Å²) < 4.78 is 10.9. The molecule has 0 saturated heterocycles. The summed E-state index contributed by atoms with van der Waals surface area (Å²) >= 11 is 7.86. The molecular formula is C18H20ClNO3S. The number of thiophene rings is 1. The number of benzene rings is 1. The minimum atomic E-state index is -0.164. The molecule has 0 aliphatic rings. The lowest BCUT2D eigenvalue weighted by Gasteiger charge is -2.12. The van der Waals surface area contributed by atoms with Crippen molar-refractivity contribution in [3.8, 4) is 11.5 Å². The fourth-order valence-electron chi connectivity index (χ4n) is 1.99. The molecule has 24 heavy (non-hydrogen) atoms. The van der Waals surface area contributed by atoms with Gasteiger partial charge in [0.15, 0.2) is 11.5 Å². The van der Waals surface area contributed by atoms with Gasteiger partial charge in [0.05, 0.1) is 18.7 Å². The molecule has 6 heteroatoms. The molecule has 0 unspecified atom stereocenters. The van der Waals surface area contributed by atoms with Crippen molar-refractivity contribution >= 4 is 34.9 Å². The van der Waals surface area contributed by atoms with Crippen molar-refractivity contribution in [2.45, 2.75) is 19.9 Å². The molecule has 128 valence electrons. The maximum absolute atomic E-state index is 11.9. The maximum Gasteiger partial charge on any atom is 0.244 e. The Balaban J connectivity index is 2.02. The monoisotopic (exact) mass is 365 g/mol. The van der Waals surface area contributed by atoms with E-state index in [1.165, 1.54) is 6.08 Å². The van der Waals surface area contributed by atoms with Gasteiger partial charge in [-0.25, -0.2) is 0 Å².